The highest BCUT2D eigenvalue weighted by Crippen LogP contribution is 2.41. The molecule has 0 atom stereocenters. The Balaban J connectivity index is 0.00000480. The number of benzene rings is 2. The summed E-state index contributed by atoms with van der Waals surface area (Å²) in [5.74, 6) is 3.68. The SMILES string of the molecule is CCOc1c(Oc2cccc(CC(C)C)c2CC(C)C)ccc(C(C)(C)N)c1CC.Cl. The van der Waals surface area contributed by atoms with E-state index in [0.717, 1.165) is 47.6 Å². The van der Waals surface area contributed by atoms with Crippen molar-refractivity contribution in [1.82, 2.24) is 0 Å². The van der Waals surface area contributed by atoms with Crippen molar-refractivity contribution in [3.63, 3.8) is 0 Å². The van der Waals surface area contributed by atoms with Gasteiger partial charge in [-0.3, -0.25) is 0 Å². The molecule has 0 fully saturated rings. The molecule has 0 heterocycles. The summed E-state index contributed by atoms with van der Waals surface area (Å²) in [6.45, 7) is 17.9. The highest BCUT2D eigenvalue weighted by Gasteiger charge is 2.24. The Morgan fingerprint density at radius 3 is 2.03 bits per heavy atom. The van der Waals surface area contributed by atoms with Gasteiger partial charge < -0.3 is 15.2 Å². The van der Waals surface area contributed by atoms with E-state index < -0.39 is 5.54 Å². The summed E-state index contributed by atoms with van der Waals surface area (Å²) in [5.41, 5.74) is 10.9. The maximum absolute atomic E-state index is 6.56. The van der Waals surface area contributed by atoms with Gasteiger partial charge in [0.1, 0.15) is 5.75 Å². The summed E-state index contributed by atoms with van der Waals surface area (Å²) in [6, 6.07) is 10.5. The molecular formula is C27H42ClNO2. The van der Waals surface area contributed by atoms with Gasteiger partial charge in [-0.05, 0) is 80.7 Å². The van der Waals surface area contributed by atoms with Crippen LogP contribution in [0.3, 0.4) is 0 Å². The zero-order valence-corrected chi connectivity index (χ0v) is 21.5. The molecule has 0 saturated heterocycles. The van der Waals surface area contributed by atoms with E-state index in [-0.39, 0.29) is 12.4 Å². The Labute approximate surface area is 196 Å². The van der Waals surface area contributed by atoms with Crippen molar-refractivity contribution in [3.8, 4) is 17.2 Å². The summed E-state index contributed by atoms with van der Waals surface area (Å²) in [5, 5.41) is 0. The molecule has 3 nitrogen and oxygen atoms in total. The first kappa shape index (κ1) is 27.3. The first-order valence-electron chi connectivity index (χ1n) is 11.4. The maximum atomic E-state index is 6.56. The molecule has 174 valence electrons. The Kier molecular flexibility index (Phi) is 10.4. The zero-order valence-electron chi connectivity index (χ0n) is 20.7. The average molecular weight is 448 g/mol. The van der Waals surface area contributed by atoms with Crippen LogP contribution in [0, 0.1) is 11.8 Å². The fourth-order valence-corrected chi connectivity index (χ4v) is 4.04. The van der Waals surface area contributed by atoms with Crippen molar-refractivity contribution < 1.29 is 9.47 Å². The Morgan fingerprint density at radius 1 is 0.871 bits per heavy atom. The van der Waals surface area contributed by atoms with Gasteiger partial charge in [0.25, 0.3) is 0 Å². The molecule has 0 bridgehead atoms. The topological polar surface area (TPSA) is 44.5 Å². The fourth-order valence-electron chi connectivity index (χ4n) is 4.04. The van der Waals surface area contributed by atoms with E-state index in [0.29, 0.717) is 18.4 Å². The molecule has 0 amide bonds. The van der Waals surface area contributed by atoms with Gasteiger partial charge >= 0.3 is 0 Å². The zero-order chi connectivity index (χ0) is 22.5. The highest BCUT2D eigenvalue weighted by atomic mass is 35.5. The van der Waals surface area contributed by atoms with Gasteiger partial charge in [0, 0.05) is 11.1 Å². The molecule has 0 unspecified atom stereocenters. The van der Waals surface area contributed by atoms with Crippen LogP contribution in [0.25, 0.3) is 0 Å². The van der Waals surface area contributed by atoms with Crippen LogP contribution in [0.1, 0.15) is 77.6 Å². The minimum atomic E-state index is -0.435. The van der Waals surface area contributed by atoms with Gasteiger partial charge in [0.15, 0.2) is 11.5 Å². The van der Waals surface area contributed by atoms with E-state index >= 15 is 0 Å². The molecule has 2 aromatic rings. The van der Waals surface area contributed by atoms with Crippen LogP contribution in [0.15, 0.2) is 30.3 Å². The number of nitrogens with two attached hydrogens (primary N) is 1. The molecule has 0 aliphatic heterocycles. The van der Waals surface area contributed by atoms with Crippen LogP contribution >= 0.6 is 12.4 Å². The van der Waals surface area contributed by atoms with Gasteiger partial charge in [-0.1, -0.05) is 52.8 Å². The third-order valence-electron chi connectivity index (χ3n) is 5.25. The second-order valence-electron chi connectivity index (χ2n) is 9.62. The lowest BCUT2D eigenvalue weighted by atomic mass is 9.89. The Hall–Kier alpha value is -1.71. The van der Waals surface area contributed by atoms with Crippen LogP contribution in [0.4, 0.5) is 0 Å². The van der Waals surface area contributed by atoms with Crippen molar-refractivity contribution >= 4 is 12.4 Å². The van der Waals surface area contributed by atoms with E-state index in [2.05, 4.69) is 58.9 Å². The van der Waals surface area contributed by atoms with E-state index in [4.69, 9.17) is 15.2 Å². The van der Waals surface area contributed by atoms with E-state index in [1.165, 1.54) is 11.1 Å². The van der Waals surface area contributed by atoms with Gasteiger partial charge in [-0.25, -0.2) is 0 Å². The monoisotopic (exact) mass is 447 g/mol. The minimum Gasteiger partial charge on any atom is -0.490 e. The molecule has 31 heavy (non-hydrogen) atoms. The summed E-state index contributed by atoms with van der Waals surface area (Å²) in [6.07, 6.45) is 2.89. The fraction of sp³-hybridized carbons (Fsp3) is 0.556. The second-order valence-corrected chi connectivity index (χ2v) is 9.62. The van der Waals surface area contributed by atoms with Crippen molar-refractivity contribution in [2.75, 3.05) is 6.61 Å². The smallest absolute Gasteiger partial charge is 0.169 e. The van der Waals surface area contributed by atoms with Crippen LogP contribution in [-0.2, 0) is 24.8 Å². The lowest BCUT2D eigenvalue weighted by Crippen LogP contribution is -2.30. The predicted octanol–water partition coefficient (Wildman–Crippen LogP) is 7.45. The first-order chi connectivity index (χ1) is 14.1. The van der Waals surface area contributed by atoms with Gasteiger partial charge in [-0.2, -0.15) is 0 Å². The molecule has 0 aromatic heterocycles. The van der Waals surface area contributed by atoms with Crippen molar-refractivity contribution in [2.45, 2.75) is 80.2 Å². The summed E-state index contributed by atoms with van der Waals surface area (Å²) in [7, 11) is 0. The predicted molar refractivity (Wildman–Crippen MR) is 135 cm³/mol. The molecule has 4 heteroatoms. The van der Waals surface area contributed by atoms with Crippen LogP contribution in [0.5, 0.6) is 17.2 Å². The van der Waals surface area contributed by atoms with Crippen LogP contribution in [0.2, 0.25) is 0 Å². The second kappa shape index (κ2) is 11.8. The molecule has 2 N–H and O–H groups in total. The molecule has 2 aromatic carbocycles. The van der Waals surface area contributed by atoms with Crippen LogP contribution in [-0.4, -0.2) is 6.61 Å². The number of rotatable bonds is 10. The number of ether oxygens (including phenoxy) is 2. The highest BCUT2D eigenvalue weighted by molar-refractivity contribution is 5.85. The van der Waals surface area contributed by atoms with Gasteiger partial charge in [-0.15, -0.1) is 12.4 Å². The molecule has 0 radical (unpaired) electrons. The van der Waals surface area contributed by atoms with E-state index in [1.807, 2.05) is 26.8 Å². The molecule has 0 spiro atoms. The Bertz CT molecular complexity index is 838. The average Bonchev–Trinajstić information content (AvgIpc) is 2.63. The molecule has 0 aliphatic rings. The number of halogens is 1. The molecule has 0 saturated carbocycles. The lowest BCUT2D eigenvalue weighted by Gasteiger charge is -2.26. The number of hydrogen-bond donors (Lipinski definition) is 1. The van der Waals surface area contributed by atoms with Crippen molar-refractivity contribution in [3.05, 3.63) is 52.6 Å². The molecule has 0 aliphatic carbocycles. The van der Waals surface area contributed by atoms with Crippen molar-refractivity contribution in [2.24, 2.45) is 17.6 Å². The van der Waals surface area contributed by atoms with E-state index in [1.54, 1.807) is 0 Å². The minimum absolute atomic E-state index is 0. The quantitative estimate of drug-likeness (QED) is 0.411. The summed E-state index contributed by atoms with van der Waals surface area (Å²) < 4.78 is 12.7. The molecular weight excluding hydrogens is 406 g/mol. The number of hydrogen-bond acceptors (Lipinski definition) is 3. The summed E-state index contributed by atoms with van der Waals surface area (Å²) in [4.78, 5) is 0. The first-order valence-corrected chi connectivity index (χ1v) is 11.4. The van der Waals surface area contributed by atoms with Gasteiger partial charge in [0.05, 0.1) is 6.61 Å². The standard InChI is InChI=1S/C27H41NO2.ClH/c1-9-21-23(27(7,8)28)14-15-25(26(21)29-10-2)30-24-13-11-12-20(16-18(3)4)22(24)17-19(5)6;/h11-15,18-19H,9-10,16-17,28H2,1-8H3;1H. The van der Waals surface area contributed by atoms with Gasteiger partial charge in [0.2, 0.25) is 0 Å². The normalized spacial score (nSPS) is 11.6. The lowest BCUT2D eigenvalue weighted by molar-refractivity contribution is 0.315. The Morgan fingerprint density at radius 2 is 1.52 bits per heavy atom. The third kappa shape index (κ3) is 7.15. The van der Waals surface area contributed by atoms with Crippen molar-refractivity contribution in [1.29, 1.82) is 0 Å². The van der Waals surface area contributed by atoms with Crippen LogP contribution < -0.4 is 15.2 Å². The largest absolute Gasteiger partial charge is 0.490 e. The summed E-state index contributed by atoms with van der Waals surface area (Å²) >= 11 is 0. The molecule has 2 rings (SSSR count). The third-order valence-corrected chi connectivity index (χ3v) is 5.25. The van der Waals surface area contributed by atoms with E-state index in [9.17, 15) is 0 Å². The maximum Gasteiger partial charge on any atom is 0.169 e.